The van der Waals surface area contributed by atoms with Crippen LogP contribution >= 0.6 is 0 Å². The molecule has 0 bridgehead atoms. The van der Waals surface area contributed by atoms with E-state index in [-0.39, 0.29) is 5.56 Å². The molecule has 0 aliphatic heterocycles. The van der Waals surface area contributed by atoms with E-state index in [4.69, 9.17) is 9.84 Å². The Morgan fingerprint density at radius 1 is 1.00 bits per heavy atom. The number of hydrogen-bond donors (Lipinski definition) is 1. The Bertz CT molecular complexity index is 1140. The van der Waals surface area contributed by atoms with Crippen LogP contribution < -0.4 is 4.74 Å². The minimum atomic E-state index is -0.923. The van der Waals surface area contributed by atoms with E-state index in [9.17, 15) is 4.79 Å². The maximum Gasteiger partial charge on any atom is 0.335 e. The van der Waals surface area contributed by atoms with Crippen LogP contribution in [0.2, 0.25) is 0 Å². The number of aromatic carboxylic acids is 1. The fraction of sp³-hybridized carbons (Fsp3) is 0.0870. The second-order valence-electron chi connectivity index (χ2n) is 6.44. The number of ether oxygens (including phenoxy) is 1. The molecule has 0 saturated heterocycles. The minimum Gasteiger partial charge on any atom is -0.496 e. The fourth-order valence-corrected chi connectivity index (χ4v) is 3.44. The van der Waals surface area contributed by atoms with Crippen LogP contribution in [0.3, 0.4) is 0 Å². The van der Waals surface area contributed by atoms with Crippen molar-refractivity contribution >= 4 is 16.7 Å². The quantitative estimate of drug-likeness (QED) is 0.538. The molecule has 4 nitrogen and oxygen atoms in total. The Hall–Kier alpha value is -3.53. The zero-order valence-electron chi connectivity index (χ0n) is 15.1. The summed E-state index contributed by atoms with van der Waals surface area (Å²) in [5.74, 6) is -0.0486. The molecule has 134 valence electrons. The highest BCUT2D eigenvalue weighted by Crippen LogP contribution is 2.32. The minimum absolute atomic E-state index is 0.279. The van der Waals surface area contributed by atoms with Crippen LogP contribution in [0.25, 0.3) is 27.7 Å². The van der Waals surface area contributed by atoms with Crippen LogP contribution in [-0.2, 0) is 0 Å². The third kappa shape index (κ3) is 2.95. The summed E-state index contributed by atoms with van der Waals surface area (Å²) in [5.41, 5.74) is 4.44. The van der Waals surface area contributed by atoms with Gasteiger partial charge in [0, 0.05) is 11.9 Å². The number of methoxy groups -OCH3 is 1. The number of carboxylic acid groups (broad SMARTS) is 1. The Kier molecular flexibility index (Phi) is 4.16. The average Bonchev–Trinajstić information content (AvgIpc) is 3.18. The highest BCUT2D eigenvalue weighted by Gasteiger charge is 2.10. The molecular formula is C23H19NO3. The molecule has 0 unspecified atom stereocenters. The molecule has 0 atom stereocenters. The second kappa shape index (κ2) is 6.65. The van der Waals surface area contributed by atoms with Crippen molar-refractivity contribution in [2.45, 2.75) is 6.92 Å². The van der Waals surface area contributed by atoms with Crippen molar-refractivity contribution in [1.82, 2.24) is 4.57 Å². The van der Waals surface area contributed by atoms with E-state index in [1.54, 1.807) is 19.2 Å². The largest absolute Gasteiger partial charge is 0.496 e. The molecule has 4 rings (SSSR count). The van der Waals surface area contributed by atoms with Crippen LogP contribution in [0.1, 0.15) is 15.9 Å². The Morgan fingerprint density at radius 3 is 2.44 bits per heavy atom. The van der Waals surface area contributed by atoms with Crippen molar-refractivity contribution in [3.05, 3.63) is 84.1 Å². The highest BCUT2D eigenvalue weighted by atomic mass is 16.5. The van der Waals surface area contributed by atoms with Gasteiger partial charge in [0.2, 0.25) is 0 Å². The molecule has 0 spiro atoms. The molecule has 0 amide bonds. The molecule has 4 heteroatoms. The van der Waals surface area contributed by atoms with Gasteiger partial charge in [0.1, 0.15) is 5.75 Å². The third-order valence-electron chi connectivity index (χ3n) is 4.90. The lowest BCUT2D eigenvalue weighted by Crippen LogP contribution is -1.99. The number of carboxylic acids is 1. The van der Waals surface area contributed by atoms with E-state index in [1.165, 1.54) is 5.39 Å². The molecule has 0 aliphatic rings. The molecule has 0 radical (unpaired) electrons. The first-order chi connectivity index (χ1) is 13.1. The Balaban J connectivity index is 1.82. The first kappa shape index (κ1) is 16.9. The van der Waals surface area contributed by atoms with Crippen molar-refractivity contribution in [3.8, 4) is 22.7 Å². The lowest BCUT2D eigenvalue weighted by atomic mass is 10.0. The first-order valence-electron chi connectivity index (χ1n) is 8.67. The van der Waals surface area contributed by atoms with Gasteiger partial charge >= 0.3 is 5.97 Å². The number of rotatable bonds is 4. The topological polar surface area (TPSA) is 51.5 Å². The number of carbonyl (C=O) groups is 1. The van der Waals surface area contributed by atoms with Gasteiger partial charge < -0.3 is 14.4 Å². The Morgan fingerprint density at radius 2 is 1.74 bits per heavy atom. The maximum atomic E-state index is 11.1. The Labute approximate surface area is 157 Å². The summed E-state index contributed by atoms with van der Waals surface area (Å²) >= 11 is 0. The van der Waals surface area contributed by atoms with Crippen LogP contribution in [0, 0.1) is 6.92 Å². The molecule has 3 aromatic carbocycles. The van der Waals surface area contributed by atoms with Crippen molar-refractivity contribution < 1.29 is 14.6 Å². The van der Waals surface area contributed by atoms with Gasteiger partial charge in [0.05, 0.1) is 18.4 Å². The van der Waals surface area contributed by atoms with Crippen LogP contribution in [0.15, 0.2) is 72.9 Å². The van der Waals surface area contributed by atoms with E-state index < -0.39 is 5.97 Å². The summed E-state index contributed by atoms with van der Waals surface area (Å²) in [5, 5.41) is 11.4. The van der Waals surface area contributed by atoms with Crippen molar-refractivity contribution in [1.29, 1.82) is 0 Å². The summed E-state index contributed by atoms with van der Waals surface area (Å²) in [6.45, 7) is 2.06. The zero-order valence-corrected chi connectivity index (χ0v) is 15.1. The fourth-order valence-electron chi connectivity index (χ4n) is 3.44. The monoisotopic (exact) mass is 357 g/mol. The second-order valence-corrected chi connectivity index (χ2v) is 6.44. The maximum absolute atomic E-state index is 11.1. The number of fused-ring (bicyclic) bond motifs is 1. The van der Waals surface area contributed by atoms with Gasteiger partial charge in [-0.15, -0.1) is 0 Å². The van der Waals surface area contributed by atoms with E-state index in [0.29, 0.717) is 0 Å². The molecule has 1 N–H and O–H groups in total. The lowest BCUT2D eigenvalue weighted by molar-refractivity contribution is 0.0697. The average molecular weight is 357 g/mol. The summed E-state index contributed by atoms with van der Waals surface area (Å²) in [6, 6.07) is 21.4. The highest BCUT2D eigenvalue weighted by molar-refractivity contribution is 5.91. The standard InChI is InChI=1S/C23H19NO3/c1-15-20-14-18(6-5-16(20)9-12-22(15)27-2)21-4-3-13-24(21)19-10-7-17(8-11-19)23(25)26/h3-14H,1-2H3,(H,25,26). The SMILES string of the molecule is COc1ccc2ccc(-c3cccn3-c3ccc(C(=O)O)cc3)cc2c1C. The van der Waals surface area contributed by atoms with E-state index in [2.05, 4.69) is 41.8 Å². The predicted molar refractivity (Wildman–Crippen MR) is 107 cm³/mol. The van der Waals surface area contributed by atoms with Gasteiger partial charge in [-0.3, -0.25) is 0 Å². The number of benzene rings is 3. The summed E-state index contributed by atoms with van der Waals surface area (Å²) < 4.78 is 7.51. The first-order valence-corrected chi connectivity index (χ1v) is 8.67. The van der Waals surface area contributed by atoms with Gasteiger partial charge in [0.15, 0.2) is 0 Å². The van der Waals surface area contributed by atoms with E-state index >= 15 is 0 Å². The van der Waals surface area contributed by atoms with E-state index in [0.717, 1.165) is 33.6 Å². The lowest BCUT2D eigenvalue weighted by Gasteiger charge is -2.13. The summed E-state index contributed by atoms with van der Waals surface area (Å²) in [6.07, 6.45) is 1.98. The molecule has 4 aromatic rings. The number of aromatic nitrogens is 1. The van der Waals surface area contributed by atoms with Crippen LogP contribution in [0.4, 0.5) is 0 Å². The summed E-state index contributed by atoms with van der Waals surface area (Å²) in [7, 11) is 1.68. The molecular weight excluding hydrogens is 338 g/mol. The molecule has 0 saturated carbocycles. The molecule has 1 heterocycles. The number of hydrogen-bond acceptors (Lipinski definition) is 2. The molecule has 0 aliphatic carbocycles. The van der Waals surface area contributed by atoms with Gasteiger partial charge in [0.25, 0.3) is 0 Å². The zero-order chi connectivity index (χ0) is 19.0. The smallest absolute Gasteiger partial charge is 0.335 e. The van der Waals surface area contributed by atoms with Crippen LogP contribution in [0.5, 0.6) is 5.75 Å². The van der Waals surface area contributed by atoms with Crippen molar-refractivity contribution in [2.24, 2.45) is 0 Å². The van der Waals surface area contributed by atoms with Gasteiger partial charge in [-0.25, -0.2) is 4.79 Å². The molecule has 27 heavy (non-hydrogen) atoms. The third-order valence-corrected chi connectivity index (χ3v) is 4.90. The van der Waals surface area contributed by atoms with Gasteiger partial charge in [-0.2, -0.15) is 0 Å². The summed E-state index contributed by atoms with van der Waals surface area (Å²) in [4.78, 5) is 11.1. The van der Waals surface area contributed by atoms with Crippen LogP contribution in [-0.4, -0.2) is 22.8 Å². The van der Waals surface area contributed by atoms with E-state index in [1.807, 2.05) is 30.5 Å². The van der Waals surface area contributed by atoms with Crippen molar-refractivity contribution in [2.75, 3.05) is 7.11 Å². The normalized spacial score (nSPS) is 10.9. The number of aryl methyl sites for hydroxylation is 1. The van der Waals surface area contributed by atoms with Gasteiger partial charge in [-0.1, -0.05) is 18.2 Å². The molecule has 0 fully saturated rings. The van der Waals surface area contributed by atoms with Crippen molar-refractivity contribution in [3.63, 3.8) is 0 Å². The molecule has 1 aromatic heterocycles. The predicted octanol–water partition coefficient (Wildman–Crippen LogP) is 5.31. The van der Waals surface area contributed by atoms with Gasteiger partial charge in [-0.05, 0) is 77.4 Å². The number of nitrogens with zero attached hydrogens (tertiary/aromatic N) is 1.